The number of nitrogens with one attached hydrogen (secondary N) is 3. The van der Waals surface area contributed by atoms with E-state index in [0.29, 0.717) is 52.2 Å². The summed E-state index contributed by atoms with van der Waals surface area (Å²) in [5.74, 6) is -1.44. The summed E-state index contributed by atoms with van der Waals surface area (Å²) in [5, 5.41) is 18.3. The van der Waals surface area contributed by atoms with Crippen LogP contribution in [0.25, 0.3) is 10.2 Å². The number of alkyl halides is 3. The van der Waals surface area contributed by atoms with Crippen LogP contribution in [0, 0.1) is 24.2 Å². The molecule has 1 aromatic carbocycles. The Labute approximate surface area is 306 Å². The maximum absolute atomic E-state index is 13.7. The van der Waals surface area contributed by atoms with Crippen molar-refractivity contribution in [1.29, 1.82) is 5.26 Å². The van der Waals surface area contributed by atoms with Crippen molar-refractivity contribution < 1.29 is 32.3 Å². The number of urea groups is 1. The van der Waals surface area contributed by atoms with E-state index in [9.17, 15) is 37.6 Å². The fraction of sp³-hybridized carbons (Fsp3) is 0.286. The number of pyridine rings is 2. The van der Waals surface area contributed by atoms with Gasteiger partial charge in [0.1, 0.15) is 27.2 Å². The number of thiophene rings is 1. The second-order valence-electron chi connectivity index (χ2n) is 12.6. The smallest absolute Gasteiger partial charge is 0.347 e. The number of aryl methyl sites for hydroxylation is 1. The molecular formula is C35H31F3N8O4S2. The van der Waals surface area contributed by atoms with Gasteiger partial charge in [-0.25, -0.2) is 14.8 Å². The van der Waals surface area contributed by atoms with Gasteiger partial charge in [0, 0.05) is 37.1 Å². The third kappa shape index (κ3) is 7.16. The average Bonchev–Trinajstić information content (AvgIpc) is 3.86. The van der Waals surface area contributed by atoms with Crippen molar-refractivity contribution in [3.63, 3.8) is 0 Å². The molecule has 2 aliphatic heterocycles. The fourth-order valence-corrected chi connectivity index (χ4v) is 7.27. The number of likely N-dealkylation sites (tertiary alicyclic amines) is 1. The summed E-state index contributed by atoms with van der Waals surface area (Å²) in [4.78, 5) is 65.3. The molecule has 3 N–H and O–H groups in total. The van der Waals surface area contributed by atoms with E-state index in [-0.39, 0.29) is 59.7 Å². The standard InChI is InChI=1S/C35H29F3N8O4S.H2S/c1-18-13-20(30(47)43-26-15-22(8-10-40-26)35(36,37)38)6-7-24(18)46-25-9-11-41-32-27(25)28(44-34(46)50)29(51-32)31(48)42-23-3-2-12-45(17-23)33(49)21(16-39)14-19-4-5-19;/h6-11,13-15,19,23H,2-5,12,17H2,1H3,(H,42,48)(H,44,50)(H,40,43,47);1H2/b21-14+;/t23-;/m0./s1. The van der Waals surface area contributed by atoms with Gasteiger partial charge in [0.2, 0.25) is 0 Å². The molecule has 268 valence electrons. The van der Waals surface area contributed by atoms with Crippen LogP contribution in [0.15, 0.2) is 60.4 Å². The fourth-order valence-electron chi connectivity index (χ4n) is 6.25. The summed E-state index contributed by atoms with van der Waals surface area (Å²) in [5.41, 5.74) is 1.02. The molecule has 0 radical (unpaired) electrons. The molecule has 1 atom stereocenters. The number of allylic oxidation sites excluding steroid dienone is 1. The molecule has 17 heteroatoms. The molecule has 0 spiro atoms. The number of hydrogen-bond donors (Lipinski definition) is 3. The minimum Gasteiger partial charge on any atom is -0.347 e. The van der Waals surface area contributed by atoms with Gasteiger partial charge in [-0.05, 0) is 80.5 Å². The largest absolute Gasteiger partial charge is 0.416 e. The Morgan fingerprint density at radius 3 is 2.54 bits per heavy atom. The lowest BCUT2D eigenvalue weighted by Crippen LogP contribution is -2.50. The highest BCUT2D eigenvalue weighted by atomic mass is 32.1. The number of carbonyl (C=O) groups is 4. The van der Waals surface area contributed by atoms with Crippen molar-refractivity contribution in [2.75, 3.05) is 28.6 Å². The Morgan fingerprint density at radius 2 is 1.83 bits per heavy atom. The first-order valence-electron chi connectivity index (χ1n) is 16.1. The molecule has 2 fully saturated rings. The van der Waals surface area contributed by atoms with Crippen LogP contribution in [0.3, 0.4) is 0 Å². The lowest BCUT2D eigenvalue weighted by atomic mass is 10.0. The summed E-state index contributed by atoms with van der Waals surface area (Å²) in [7, 11) is 0. The van der Waals surface area contributed by atoms with Crippen molar-refractivity contribution >= 4 is 81.7 Å². The maximum atomic E-state index is 13.7. The number of amides is 5. The minimum atomic E-state index is -4.60. The van der Waals surface area contributed by atoms with Gasteiger partial charge < -0.3 is 20.9 Å². The number of halogens is 3. The highest BCUT2D eigenvalue weighted by Crippen LogP contribution is 2.46. The molecule has 4 aromatic rings. The molecule has 0 unspecified atom stereocenters. The predicted octanol–water partition coefficient (Wildman–Crippen LogP) is 6.65. The zero-order valence-electron chi connectivity index (χ0n) is 27.5. The van der Waals surface area contributed by atoms with Gasteiger partial charge in [-0.2, -0.15) is 31.9 Å². The number of anilines is 4. The van der Waals surface area contributed by atoms with Gasteiger partial charge in [0.05, 0.1) is 28.0 Å². The molecule has 3 aliphatic rings. The van der Waals surface area contributed by atoms with Crippen LogP contribution in [0.5, 0.6) is 0 Å². The maximum Gasteiger partial charge on any atom is 0.416 e. The van der Waals surface area contributed by atoms with Crippen LogP contribution < -0.4 is 20.9 Å². The van der Waals surface area contributed by atoms with Gasteiger partial charge >= 0.3 is 12.2 Å². The van der Waals surface area contributed by atoms with Crippen LogP contribution in [0.1, 0.15) is 56.8 Å². The normalized spacial score (nSPS) is 17.2. The SMILES string of the molecule is Cc1cc(C(=O)Nc2cc(C(F)(F)F)ccn2)ccc1N1C(=O)Nc2c(C(=O)N[C@H]3CCCN(C(=O)/C(C#N)=C/C4CC4)C3)sc3nccc1c23.S. The molecule has 5 heterocycles. The predicted molar refractivity (Wildman–Crippen MR) is 193 cm³/mol. The molecule has 1 aliphatic carbocycles. The quantitative estimate of drug-likeness (QED) is 0.141. The Hall–Kier alpha value is -5.47. The van der Waals surface area contributed by atoms with Crippen molar-refractivity contribution in [3.05, 3.63) is 82.0 Å². The first kappa shape index (κ1) is 36.3. The first-order valence-corrected chi connectivity index (χ1v) is 16.9. The number of carbonyl (C=O) groups excluding carboxylic acids is 4. The van der Waals surface area contributed by atoms with Gasteiger partial charge in [-0.3, -0.25) is 19.3 Å². The molecule has 7 rings (SSSR count). The molecule has 1 saturated heterocycles. The highest BCUT2D eigenvalue weighted by Gasteiger charge is 2.35. The Morgan fingerprint density at radius 1 is 1.06 bits per heavy atom. The second kappa shape index (κ2) is 14.3. The zero-order valence-corrected chi connectivity index (χ0v) is 29.3. The first-order chi connectivity index (χ1) is 24.4. The van der Waals surface area contributed by atoms with Gasteiger partial charge in [0.15, 0.2) is 0 Å². The van der Waals surface area contributed by atoms with Crippen LogP contribution in [-0.4, -0.2) is 57.8 Å². The van der Waals surface area contributed by atoms with E-state index >= 15 is 0 Å². The number of nitriles is 1. The van der Waals surface area contributed by atoms with E-state index in [1.165, 1.54) is 23.2 Å². The van der Waals surface area contributed by atoms with Crippen LogP contribution in [0.2, 0.25) is 0 Å². The lowest BCUT2D eigenvalue weighted by Gasteiger charge is -2.33. The van der Waals surface area contributed by atoms with E-state index in [1.54, 1.807) is 30.0 Å². The Bertz CT molecular complexity index is 2190. The van der Waals surface area contributed by atoms with Crippen molar-refractivity contribution in [3.8, 4) is 6.07 Å². The van der Waals surface area contributed by atoms with E-state index < -0.39 is 29.6 Å². The number of hydrogen-bond acceptors (Lipinski definition) is 8. The van der Waals surface area contributed by atoms with Gasteiger partial charge in [-0.15, -0.1) is 11.3 Å². The van der Waals surface area contributed by atoms with Crippen molar-refractivity contribution in [2.45, 2.75) is 44.8 Å². The summed E-state index contributed by atoms with van der Waals surface area (Å²) in [6.07, 6.45) is 2.84. The molecule has 12 nitrogen and oxygen atoms in total. The van der Waals surface area contributed by atoms with Crippen LogP contribution >= 0.6 is 24.8 Å². The molecule has 5 amide bonds. The summed E-state index contributed by atoms with van der Waals surface area (Å²) >= 11 is 1.12. The summed E-state index contributed by atoms with van der Waals surface area (Å²) < 4.78 is 39.4. The van der Waals surface area contributed by atoms with E-state index in [0.717, 1.165) is 42.5 Å². The topological polar surface area (TPSA) is 160 Å². The molecule has 0 bridgehead atoms. The molecule has 52 heavy (non-hydrogen) atoms. The summed E-state index contributed by atoms with van der Waals surface area (Å²) in [6.45, 7) is 2.42. The number of rotatable bonds is 7. The van der Waals surface area contributed by atoms with E-state index in [1.807, 2.05) is 6.07 Å². The molecule has 3 aromatic heterocycles. The third-order valence-corrected chi connectivity index (χ3v) is 10.00. The highest BCUT2D eigenvalue weighted by molar-refractivity contribution is 7.59. The third-order valence-electron chi connectivity index (χ3n) is 8.90. The van der Waals surface area contributed by atoms with Crippen LogP contribution in [0.4, 0.5) is 40.8 Å². The number of piperidine rings is 1. The average molecular weight is 749 g/mol. The zero-order chi connectivity index (χ0) is 36.0. The second-order valence-corrected chi connectivity index (χ2v) is 13.6. The van der Waals surface area contributed by atoms with E-state index in [4.69, 9.17) is 0 Å². The number of aromatic nitrogens is 2. The van der Waals surface area contributed by atoms with Gasteiger partial charge in [-0.1, -0.05) is 6.08 Å². The van der Waals surface area contributed by atoms with Crippen LogP contribution in [-0.2, 0) is 11.0 Å². The van der Waals surface area contributed by atoms with Gasteiger partial charge in [0.25, 0.3) is 17.7 Å². The van der Waals surface area contributed by atoms with E-state index in [2.05, 4.69) is 25.9 Å². The lowest BCUT2D eigenvalue weighted by molar-refractivity contribution is -0.137. The summed E-state index contributed by atoms with van der Waals surface area (Å²) in [6, 6.07) is 8.79. The van der Waals surface area contributed by atoms with Crippen molar-refractivity contribution in [1.82, 2.24) is 20.2 Å². The Balaban J connectivity index is 0.00000464. The Kier molecular flexibility index (Phi) is 9.97. The number of benzene rings is 1. The molecule has 1 saturated carbocycles. The molecular weight excluding hydrogens is 718 g/mol. The van der Waals surface area contributed by atoms with Crippen molar-refractivity contribution in [2.24, 2.45) is 5.92 Å². The monoisotopic (exact) mass is 748 g/mol. The minimum absolute atomic E-state index is 0. The number of nitrogens with zero attached hydrogens (tertiary/aromatic N) is 5.